The van der Waals surface area contributed by atoms with Gasteiger partial charge in [0.25, 0.3) is 17.5 Å². The molecule has 2 aromatic rings. The molecule has 0 heterocycles. The first-order valence-electron chi connectivity index (χ1n) is 8.84. The summed E-state index contributed by atoms with van der Waals surface area (Å²) in [5.41, 5.74) is 0.427. The Bertz CT molecular complexity index is 898. The summed E-state index contributed by atoms with van der Waals surface area (Å²) >= 11 is 0. The molecule has 0 radical (unpaired) electrons. The van der Waals surface area contributed by atoms with E-state index in [-0.39, 0.29) is 17.3 Å². The monoisotopic (exact) mass is 399 g/mol. The molecule has 0 saturated heterocycles. The van der Waals surface area contributed by atoms with E-state index < -0.39 is 35.4 Å². The number of anilines is 1. The van der Waals surface area contributed by atoms with Gasteiger partial charge in [-0.2, -0.15) is 0 Å². The van der Waals surface area contributed by atoms with E-state index in [0.29, 0.717) is 5.56 Å². The molecule has 0 aliphatic carbocycles. The van der Waals surface area contributed by atoms with Gasteiger partial charge in [0, 0.05) is 23.4 Å². The summed E-state index contributed by atoms with van der Waals surface area (Å²) in [6.45, 7) is 2.88. The first-order valence-corrected chi connectivity index (χ1v) is 8.84. The first kappa shape index (κ1) is 21.5. The molecule has 1 atom stereocenters. The van der Waals surface area contributed by atoms with Crippen molar-refractivity contribution >= 4 is 29.2 Å². The molecule has 0 aromatic heterocycles. The molecule has 9 nitrogen and oxygen atoms in total. The van der Waals surface area contributed by atoms with Crippen molar-refractivity contribution in [1.29, 1.82) is 0 Å². The fourth-order valence-corrected chi connectivity index (χ4v) is 2.43. The van der Waals surface area contributed by atoms with Crippen molar-refractivity contribution in [1.82, 2.24) is 5.32 Å². The summed E-state index contributed by atoms with van der Waals surface area (Å²) in [6.07, 6.45) is 0. The summed E-state index contributed by atoms with van der Waals surface area (Å²) in [6, 6.07) is 12.9. The van der Waals surface area contributed by atoms with Crippen LogP contribution in [0.3, 0.4) is 0 Å². The van der Waals surface area contributed by atoms with Crippen LogP contribution >= 0.6 is 0 Å². The Hall–Kier alpha value is -3.75. The minimum absolute atomic E-state index is 0.178. The zero-order valence-corrected chi connectivity index (χ0v) is 16.0. The highest BCUT2D eigenvalue weighted by Crippen LogP contribution is 2.17. The lowest BCUT2D eigenvalue weighted by atomic mass is 10.0. The molecule has 0 spiro atoms. The lowest BCUT2D eigenvalue weighted by Gasteiger charge is -2.20. The van der Waals surface area contributed by atoms with E-state index in [0.717, 1.165) is 0 Å². The number of nitrogens with zero attached hydrogens (tertiary/aromatic N) is 1. The van der Waals surface area contributed by atoms with Gasteiger partial charge in [0.05, 0.1) is 4.92 Å². The van der Waals surface area contributed by atoms with Crippen molar-refractivity contribution < 1.29 is 24.0 Å². The molecule has 2 aromatic carbocycles. The maximum absolute atomic E-state index is 12.3. The van der Waals surface area contributed by atoms with E-state index in [9.17, 15) is 24.5 Å². The van der Waals surface area contributed by atoms with Gasteiger partial charge in [-0.1, -0.05) is 38.1 Å². The van der Waals surface area contributed by atoms with Crippen LogP contribution in [-0.2, 0) is 14.3 Å². The summed E-state index contributed by atoms with van der Waals surface area (Å²) in [7, 11) is 0. The van der Waals surface area contributed by atoms with Crippen LogP contribution in [0.1, 0.15) is 24.2 Å². The summed E-state index contributed by atoms with van der Waals surface area (Å²) in [5.74, 6) is -2.11. The molecule has 2 amide bonds. The largest absolute Gasteiger partial charge is 0.454 e. The molecule has 0 unspecified atom stereocenters. The average Bonchev–Trinajstić information content (AvgIpc) is 2.70. The summed E-state index contributed by atoms with van der Waals surface area (Å²) in [5, 5.41) is 15.8. The number of nitro benzene ring substituents is 1. The number of ether oxygens (including phenoxy) is 1. The number of rotatable bonds is 8. The van der Waals surface area contributed by atoms with Crippen molar-refractivity contribution in [2.75, 3.05) is 11.9 Å². The third kappa shape index (κ3) is 6.42. The van der Waals surface area contributed by atoms with Crippen molar-refractivity contribution in [2.45, 2.75) is 19.9 Å². The minimum atomic E-state index is -0.937. The fourth-order valence-electron chi connectivity index (χ4n) is 2.43. The number of nitro groups is 1. The van der Waals surface area contributed by atoms with Crippen LogP contribution in [0, 0.1) is 16.0 Å². The van der Waals surface area contributed by atoms with Gasteiger partial charge in [0.1, 0.15) is 6.04 Å². The van der Waals surface area contributed by atoms with Gasteiger partial charge in [0.2, 0.25) is 0 Å². The number of benzene rings is 2. The predicted octanol–water partition coefficient (Wildman–Crippen LogP) is 2.53. The lowest BCUT2D eigenvalue weighted by Crippen LogP contribution is -2.45. The minimum Gasteiger partial charge on any atom is -0.454 e. The standard InChI is InChI=1S/C20H21N3O6/c1-13(2)18(22-19(25)14-7-4-3-5-8-14)20(26)29-12-17(24)21-15-9-6-10-16(11-15)23(27)28/h3-11,13,18H,12H2,1-2H3,(H,21,24)(H,22,25)/t18-/m1/s1. The molecule has 152 valence electrons. The van der Waals surface area contributed by atoms with Gasteiger partial charge in [-0.05, 0) is 24.1 Å². The second kappa shape index (κ2) is 9.98. The van der Waals surface area contributed by atoms with Gasteiger partial charge < -0.3 is 15.4 Å². The van der Waals surface area contributed by atoms with E-state index in [1.165, 1.54) is 24.3 Å². The van der Waals surface area contributed by atoms with E-state index in [2.05, 4.69) is 10.6 Å². The Labute approximate surface area is 167 Å². The molecule has 0 aliphatic rings. The number of nitrogens with one attached hydrogen (secondary N) is 2. The smallest absolute Gasteiger partial charge is 0.329 e. The highest BCUT2D eigenvalue weighted by Gasteiger charge is 2.26. The quantitative estimate of drug-likeness (QED) is 0.399. The Morgan fingerprint density at radius 1 is 1.07 bits per heavy atom. The van der Waals surface area contributed by atoms with Crippen LogP contribution in [-0.4, -0.2) is 35.4 Å². The Kier molecular flexibility index (Phi) is 7.41. The molecule has 2 N–H and O–H groups in total. The summed E-state index contributed by atoms with van der Waals surface area (Å²) < 4.78 is 5.01. The van der Waals surface area contributed by atoms with Gasteiger partial charge >= 0.3 is 5.97 Å². The highest BCUT2D eigenvalue weighted by atomic mass is 16.6. The Balaban J connectivity index is 1.92. The molecule has 0 saturated carbocycles. The van der Waals surface area contributed by atoms with E-state index in [4.69, 9.17) is 4.74 Å². The van der Waals surface area contributed by atoms with E-state index in [1.54, 1.807) is 44.2 Å². The Morgan fingerprint density at radius 2 is 1.76 bits per heavy atom. The second-order valence-electron chi connectivity index (χ2n) is 6.52. The topological polar surface area (TPSA) is 128 Å². The maximum Gasteiger partial charge on any atom is 0.329 e. The molecule has 2 rings (SSSR count). The number of carbonyl (C=O) groups excluding carboxylic acids is 3. The molecule has 0 aliphatic heterocycles. The van der Waals surface area contributed by atoms with Crippen LogP contribution < -0.4 is 10.6 Å². The molecule has 29 heavy (non-hydrogen) atoms. The maximum atomic E-state index is 12.3. The SMILES string of the molecule is CC(C)[C@@H](NC(=O)c1ccccc1)C(=O)OCC(=O)Nc1cccc([N+](=O)[O-])c1. The number of carbonyl (C=O) groups is 3. The first-order chi connectivity index (χ1) is 13.8. The number of non-ortho nitro benzene ring substituents is 1. The number of amides is 2. The molecular weight excluding hydrogens is 378 g/mol. The number of hydrogen-bond donors (Lipinski definition) is 2. The van der Waals surface area contributed by atoms with Crippen molar-refractivity contribution in [3.8, 4) is 0 Å². The van der Waals surface area contributed by atoms with Gasteiger partial charge in [-0.3, -0.25) is 19.7 Å². The van der Waals surface area contributed by atoms with Crippen LogP contribution in [0.5, 0.6) is 0 Å². The number of hydrogen-bond acceptors (Lipinski definition) is 6. The van der Waals surface area contributed by atoms with Crippen LogP contribution in [0.25, 0.3) is 0 Å². The fraction of sp³-hybridized carbons (Fsp3) is 0.250. The predicted molar refractivity (Wildman–Crippen MR) is 105 cm³/mol. The van der Waals surface area contributed by atoms with E-state index in [1.807, 2.05) is 0 Å². The van der Waals surface area contributed by atoms with Crippen LogP contribution in [0.4, 0.5) is 11.4 Å². The normalized spacial score (nSPS) is 11.4. The zero-order valence-electron chi connectivity index (χ0n) is 16.0. The van der Waals surface area contributed by atoms with Crippen molar-refractivity contribution in [3.63, 3.8) is 0 Å². The van der Waals surface area contributed by atoms with Gasteiger partial charge in [-0.15, -0.1) is 0 Å². The lowest BCUT2D eigenvalue weighted by molar-refractivity contribution is -0.384. The van der Waals surface area contributed by atoms with Gasteiger partial charge in [-0.25, -0.2) is 4.79 Å². The zero-order chi connectivity index (χ0) is 21.4. The molecule has 9 heteroatoms. The third-order valence-corrected chi connectivity index (χ3v) is 3.93. The third-order valence-electron chi connectivity index (χ3n) is 3.93. The van der Waals surface area contributed by atoms with Gasteiger partial charge in [0.15, 0.2) is 6.61 Å². The highest BCUT2D eigenvalue weighted by molar-refractivity contribution is 5.97. The Morgan fingerprint density at radius 3 is 2.38 bits per heavy atom. The average molecular weight is 399 g/mol. The summed E-state index contributed by atoms with van der Waals surface area (Å²) in [4.78, 5) is 46.8. The van der Waals surface area contributed by atoms with Crippen molar-refractivity contribution in [3.05, 3.63) is 70.3 Å². The van der Waals surface area contributed by atoms with Crippen LogP contribution in [0.2, 0.25) is 0 Å². The molecular formula is C20H21N3O6. The second-order valence-corrected chi connectivity index (χ2v) is 6.52. The van der Waals surface area contributed by atoms with E-state index >= 15 is 0 Å². The van der Waals surface area contributed by atoms with Crippen molar-refractivity contribution in [2.24, 2.45) is 5.92 Å². The molecule has 0 bridgehead atoms. The number of esters is 1. The van der Waals surface area contributed by atoms with Crippen LogP contribution in [0.15, 0.2) is 54.6 Å². The molecule has 0 fully saturated rings.